The second kappa shape index (κ2) is 15.7. The molecule has 3 aliphatic rings. The summed E-state index contributed by atoms with van der Waals surface area (Å²) in [6.45, 7) is 1.60. The number of nitrogens with one attached hydrogen (secondary N) is 1. The van der Waals surface area contributed by atoms with Gasteiger partial charge in [0.1, 0.15) is 54.9 Å². The zero-order valence-electron chi connectivity index (χ0n) is 23.6. The average molecular weight is 612 g/mol. The van der Waals surface area contributed by atoms with Gasteiger partial charge in [0, 0.05) is 19.1 Å². The van der Waals surface area contributed by atoms with E-state index in [2.05, 4.69) is 5.32 Å². The summed E-state index contributed by atoms with van der Waals surface area (Å²) in [7, 11) is 0. The van der Waals surface area contributed by atoms with Crippen LogP contribution in [0.15, 0.2) is 0 Å². The molecule has 3 rings (SSSR count). The van der Waals surface area contributed by atoms with Gasteiger partial charge in [0.25, 0.3) is 0 Å². The van der Waals surface area contributed by atoms with Crippen molar-refractivity contribution in [2.45, 2.75) is 118 Å². The molecule has 0 spiro atoms. The van der Waals surface area contributed by atoms with Crippen LogP contribution in [0.4, 0.5) is 0 Å². The van der Waals surface area contributed by atoms with Crippen LogP contribution < -0.4 is 39.7 Å². The van der Waals surface area contributed by atoms with Gasteiger partial charge in [-0.3, -0.25) is 4.79 Å². The van der Waals surface area contributed by atoms with Crippen molar-refractivity contribution in [1.82, 2.24) is 5.32 Å². The predicted octanol–water partition coefficient (Wildman–Crippen LogP) is -7.45. The smallest absolute Gasteiger partial charge is 0.249 e. The number of carbonyl (C=O) groups is 1. The lowest BCUT2D eigenvalue weighted by atomic mass is 9.83. The highest BCUT2D eigenvalue weighted by atomic mass is 16.7. The molecule has 0 aromatic carbocycles. The average Bonchev–Trinajstić information content (AvgIpc) is 2.96. The van der Waals surface area contributed by atoms with Gasteiger partial charge in [0.2, 0.25) is 5.91 Å². The Bertz CT molecular complexity index is 851. The minimum Gasteiger partial charge on any atom is -0.388 e. The Labute approximate surface area is 243 Å². The van der Waals surface area contributed by atoms with Crippen LogP contribution in [-0.2, 0) is 28.5 Å². The van der Waals surface area contributed by atoms with Crippen molar-refractivity contribution in [3.05, 3.63) is 0 Å². The minimum absolute atomic E-state index is 0.00177. The number of aliphatic hydroxyl groups is 5. The van der Waals surface area contributed by atoms with E-state index >= 15 is 0 Å². The summed E-state index contributed by atoms with van der Waals surface area (Å²) in [5, 5.41) is 54.9. The third-order valence-corrected chi connectivity index (χ3v) is 7.97. The van der Waals surface area contributed by atoms with Gasteiger partial charge in [0.15, 0.2) is 12.6 Å². The molecule has 2 heterocycles. The number of carbonyl (C=O) groups excluding carboxylic acids is 1. The Kier molecular flexibility index (Phi) is 13.2. The highest BCUT2D eigenvalue weighted by Gasteiger charge is 2.53. The Morgan fingerprint density at radius 1 is 0.881 bits per heavy atom. The van der Waals surface area contributed by atoms with Crippen molar-refractivity contribution in [2.24, 2.45) is 34.4 Å². The molecule has 1 saturated carbocycles. The van der Waals surface area contributed by atoms with Gasteiger partial charge < -0.3 is 88.9 Å². The summed E-state index contributed by atoms with van der Waals surface area (Å²) >= 11 is 0. The van der Waals surface area contributed by atoms with Crippen LogP contribution in [-0.4, -0.2) is 155 Å². The molecule has 246 valence electrons. The maximum atomic E-state index is 12.8. The van der Waals surface area contributed by atoms with Gasteiger partial charge in [-0.2, -0.15) is 0 Å². The zero-order valence-corrected chi connectivity index (χ0v) is 23.6. The first-order valence-corrected chi connectivity index (χ1v) is 14.2. The molecule has 3 fully saturated rings. The molecule has 18 N–H and O–H groups in total. The van der Waals surface area contributed by atoms with Crippen LogP contribution in [0.1, 0.15) is 19.8 Å². The lowest BCUT2D eigenvalue weighted by molar-refractivity contribution is -0.331. The predicted molar refractivity (Wildman–Crippen MR) is 145 cm³/mol. The summed E-state index contributed by atoms with van der Waals surface area (Å²) in [4.78, 5) is 12.8. The van der Waals surface area contributed by atoms with Crippen molar-refractivity contribution in [3.8, 4) is 0 Å². The largest absolute Gasteiger partial charge is 0.388 e. The fourth-order valence-corrected chi connectivity index (χ4v) is 5.42. The Hall–Kier alpha value is -1.17. The number of amides is 1. The molecular weight excluding hydrogens is 562 g/mol. The van der Waals surface area contributed by atoms with Crippen LogP contribution >= 0.6 is 0 Å². The summed E-state index contributed by atoms with van der Waals surface area (Å²) in [6.07, 6.45) is -15.1. The SMILES string of the molecule is C[C@@H]1O[C@H](O[C@@H]2[C@@H](OCCN)[C@H](NC(=O)[C@H](O)CCN)C[C@H](N)[C@H]2O[C@H]2O[C@H](CN)[C@@H](O)[C@H](O)[C@H]2N)[C@@H](O)[C@H](O)[C@H]1N. The van der Waals surface area contributed by atoms with E-state index in [1.165, 1.54) is 0 Å². The zero-order chi connectivity index (χ0) is 31.3. The highest BCUT2D eigenvalue weighted by molar-refractivity contribution is 5.80. The molecule has 2 saturated heterocycles. The van der Waals surface area contributed by atoms with Gasteiger partial charge in [0.05, 0.1) is 30.8 Å². The van der Waals surface area contributed by atoms with Crippen LogP contribution in [0.25, 0.3) is 0 Å². The monoisotopic (exact) mass is 611 g/mol. The van der Waals surface area contributed by atoms with Crippen LogP contribution in [0, 0.1) is 0 Å². The van der Waals surface area contributed by atoms with E-state index in [4.69, 9.17) is 58.1 Å². The molecule has 1 aliphatic carbocycles. The number of nitrogens with two attached hydrogens (primary N) is 6. The molecule has 18 heteroatoms. The third kappa shape index (κ3) is 7.91. The minimum atomic E-state index is -1.59. The normalized spacial score (nSPS) is 45.4. The van der Waals surface area contributed by atoms with Gasteiger partial charge in [-0.05, 0) is 26.3 Å². The first-order valence-electron chi connectivity index (χ1n) is 14.2. The van der Waals surface area contributed by atoms with Crippen molar-refractivity contribution in [1.29, 1.82) is 0 Å². The Balaban J connectivity index is 1.95. The fourth-order valence-electron chi connectivity index (χ4n) is 5.42. The number of hydrogen-bond acceptors (Lipinski definition) is 17. The number of ether oxygens (including phenoxy) is 5. The van der Waals surface area contributed by atoms with Crippen molar-refractivity contribution in [3.63, 3.8) is 0 Å². The molecule has 0 radical (unpaired) electrons. The quantitative estimate of drug-likeness (QED) is 0.0974. The number of rotatable bonds is 12. The van der Waals surface area contributed by atoms with Gasteiger partial charge >= 0.3 is 0 Å². The van der Waals surface area contributed by atoms with Gasteiger partial charge in [-0.1, -0.05) is 0 Å². The van der Waals surface area contributed by atoms with Gasteiger partial charge in [-0.15, -0.1) is 0 Å². The maximum Gasteiger partial charge on any atom is 0.249 e. The van der Waals surface area contributed by atoms with Crippen LogP contribution in [0.5, 0.6) is 0 Å². The summed E-state index contributed by atoms with van der Waals surface area (Å²) in [6, 6.07) is -3.90. The number of hydrogen-bond donors (Lipinski definition) is 12. The van der Waals surface area contributed by atoms with Gasteiger partial charge in [-0.25, -0.2) is 0 Å². The third-order valence-electron chi connectivity index (χ3n) is 7.97. The molecule has 42 heavy (non-hydrogen) atoms. The van der Waals surface area contributed by atoms with E-state index in [0.717, 1.165) is 0 Å². The highest BCUT2D eigenvalue weighted by Crippen LogP contribution is 2.33. The lowest BCUT2D eigenvalue weighted by Crippen LogP contribution is -2.70. The van der Waals surface area contributed by atoms with E-state index in [1.807, 2.05) is 0 Å². The van der Waals surface area contributed by atoms with Crippen LogP contribution in [0.2, 0.25) is 0 Å². The molecule has 2 aliphatic heterocycles. The van der Waals surface area contributed by atoms with E-state index in [1.54, 1.807) is 6.92 Å². The molecular formula is C24H49N7O11. The summed E-state index contributed by atoms with van der Waals surface area (Å²) in [5.41, 5.74) is 35.5. The van der Waals surface area contributed by atoms with E-state index in [9.17, 15) is 30.3 Å². The van der Waals surface area contributed by atoms with E-state index < -0.39 is 104 Å². The maximum absolute atomic E-state index is 12.8. The van der Waals surface area contributed by atoms with E-state index in [-0.39, 0.29) is 39.1 Å². The first kappa shape index (κ1) is 35.3. The molecule has 0 aromatic rings. The van der Waals surface area contributed by atoms with E-state index in [0.29, 0.717) is 0 Å². The molecule has 18 nitrogen and oxygen atoms in total. The first-order chi connectivity index (χ1) is 19.9. The lowest BCUT2D eigenvalue weighted by Gasteiger charge is -2.50. The van der Waals surface area contributed by atoms with Crippen LogP contribution in [0.3, 0.4) is 0 Å². The standard InChI is InChI=1S/C24H49N7O11/c1-8-13(29)16(34)18(36)24(39-8)42-21-19(41-23-14(30)17(35)15(33)12(7-27)40-23)9(28)6-10(20(21)38-5-4-26)31-22(37)11(32)2-3-25/h8-21,23-24,32-36H,2-7,25-30H2,1H3,(H,31,37)/t8-,9-,10+,11+,12+,13-,14+,15+,16+,17+,18-,19+,20-,21-,23+,24+/m0/s1. The second-order valence-electron chi connectivity index (χ2n) is 11.0. The van der Waals surface area contributed by atoms with Crippen molar-refractivity contribution < 1.29 is 54.0 Å². The summed E-state index contributed by atoms with van der Waals surface area (Å²) < 4.78 is 29.9. The molecule has 16 atom stereocenters. The molecule has 0 bridgehead atoms. The fraction of sp³-hybridized carbons (Fsp3) is 0.958. The Morgan fingerprint density at radius 2 is 1.52 bits per heavy atom. The second-order valence-corrected chi connectivity index (χ2v) is 11.0. The Morgan fingerprint density at radius 3 is 2.14 bits per heavy atom. The number of aliphatic hydroxyl groups excluding tert-OH is 5. The van der Waals surface area contributed by atoms with Crippen molar-refractivity contribution >= 4 is 5.91 Å². The topological polar surface area (TPSA) is 333 Å². The summed E-state index contributed by atoms with van der Waals surface area (Å²) in [5.74, 6) is -0.721. The molecule has 0 aromatic heterocycles. The molecule has 0 unspecified atom stereocenters. The molecule has 1 amide bonds. The van der Waals surface area contributed by atoms with Crippen molar-refractivity contribution in [2.75, 3.05) is 26.2 Å².